The summed E-state index contributed by atoms with van der Waals surface area (Å²) >= 11 is 0. The molecule has 24 heavy (non-hydrogen) atoms. The third-order valence-electron chi connectivity index (χ3n) is 3.69. The first kappa shape index (κ1) is 15.9. The van der Waals surface area contributed by atoms with Crippen LogP contribution in [-0.4, -0.2) is 26.1 Å². The van der Waals surface area contributed by atoms with E-state index in [9.17, 15) is 4.79 Å². The zero-order valence-corrected chi connectivity index (χ0v) is 13.5. The third kappa shape index (κ3) is 4.04. The Hall–Kier alpha value is -3.02. The maximum Gasteiger partial charge on any atom is 0.243 e. The van der Waals surface area contributed by atoms with Crippen molar-refractivity contribution in [2.75, 3.05) is 0 Å². The van der Waals surface area contributed by atoms with Crippen LogP contribution in [0, 0.1) is 0 Å². The van der Waals surface area contributed by atoms with Crippen LogP contribution in [0.15, 0.2) is 54.6 Å². The SMILES string of the molecule is CCc1ccc(-c2nnn(CC(=O)NCc3ccccc3)n2)cc1. The molecule has 6 nitrogen and oxygen atoms in total. The Morgan fingerprint density at radius 2 is 1.79 bits per heavy atom. The Kier molecular flexibility index (Phi) is 4.96. The molecule has 0 aliphatic carbocycles. The van der Waals surface area contributed by atoms with Gasteiger partial charge >= 0.3 is 0 Å². The lowest BCUT2D eigenvalue weighted by Gasteiger charge is -2.04. The largest absolute Gasteiger partial charge is 0.350 e. The number of hydrogen-bond acceptors (Lipinski definition) is 4. The average molecular weight is 321 g/mol. The van der Waals surface area contributed by atoms with E-state index in [1.165, 1.54) is 10.4 Å². The molecule has 1 amide bonds. The molecular weight excluding hydrogens is 302 g/mol. The number of benzene rings is 2. The zero-order valence-electron chi connectivity index (χ0n) is 13.5. The topological polar surface area (TPSA) is 72.7 Å². The standard InChI is InChI=1S/C18H19N5O/c1-2-14-8-10-16(11-9-14)18-20-22-23(21-18)13-17(24)19-12-15-6-4-3-5-7-15/h3-11H,2,12-13H2,1H3,(H,19,24). The summed E-state index contributed by atoms with van der Waals surface area (Å²) in [4.78, 5) is 13.3. The van der Waals surface area contributed by atoms with Gasteiger partial charge < -0.3 is 5.32 Å². The summed E-state index contributed by atoms with van der Waals surface area (Å²) in [5, 5.41) is 15.1. The van der Waals surface area contributed by atoms with E-state index in [-0.39, 0.29) is 12.5 Å². The fraction of sp³-hybridized carbons (Fsp3) is 0.222. The highest BCUT2D eigenvalue weighted by Crippen LogP contribution is 2.14. The van der Waals surface area contributed by atoms with E-state index in [1.54, 1.807) is 0 Å². The van der Waals surface area contributed by atoms with E-state index in [1.807, 2.05) is 54.6 Å². The fourth-order valence-electron chi connectivity index (χ4n) is 2.30. The van der Waals surface area contributed by atoms with Gasteiger partial charge in [-0.25, -0.2) is 0 Å². The Labute approximate surface area is 140 Å². The molecule has 0 unspecified atom stereocenters. The molecule has 6 heteroatoms. The molecule has 2 aromatic carbocycles. The van der Waals surface area contributed by atoms with Crippen molar-refractivity contribution >= 4 is 5.91 Å². The number of tetrazole rings is 1. The van der Waals surface area contributed by atoms with Crippen LogP contribution < -0.4 is 5.32 Å². The highest BCUT2D eigenvalue weighted by molar-refractivity contribution is 5.75. The van der Waals surface area contributed by atoms with Crippen molar-refractivity contribution in [1.82, 2.24) is 25.5 Å². The molecular formula is C18H19N5O. The van der Waals surface area contributed by atoms with Gasteiger partial charge in [-0.1, -0.05) is 61.5 Å². The van der Waals surface area contributed by atoms with Gasteiger partial charge in [-0.05, 0) is 22.8 Å². The first-order chi connectivity index (χ1) is 11.7. The van der Waals surface area contributed by atoms with Gasteiger partial charge in [0.05, 0.1) is 0 Å². The smallest absolute Gasteiger partial charge is 0.243 e. The lowest BCUT2D eigenvalue weighted by atomic mass is 10.1. The fourth-order valence-corrected chi connectivity index (χ4v) is 2.30. The highest BCUT2D eigenvalue weighted by Gasteiger charge is 2.09. The van der Waals surface area contributed by atoms with Crippen LogP contribution in [-0.2, 0) is 24.3 Å². The normalized spacial score (nSPS) is 10.5. The van der Waals surface area contributed by atoms with Crippen molar-refractivity contribution < 1.29 is 4.79 Å². The Bertz CT molecular complexity index is 796. The Morgan fingerprint density at radius 3 is 2.50 bits per heavy atom. The molecule has 1 aromatic heterocycles. The van der Waals surface area contributed by atoms with Crippen molar-refractivity contribution in [3.8, 4) is 11.4 Å². The zero-order chi connectivity index (χ0) is 16.8. The molecule has 1 heterocycles. The Balaban J connectivity index is 1.58. The molecule has 3 rings (SSSR count). The predicted molar refractivity (Wildman–Crippen MR) is 90.9 cm³/mol. The summed E-state index contributed by atoms with van der Waals surface area (Å²) in [6.45, 7) is 2.64. The average Bonchev–Trinajstić information content (AvgIpc) is 3.09. The minimum Gasteiger partial charge on any atom is -0.350 e. The molecule has 122 valence electrons. The summed E-state index contributed by atoms with van der Waals surface area (Å²) in [6, 6.07) is 17.8. The highest BCUT2D eigenvalue weighted by atomic mass is 16.2. The molecule has 3 aromatic rings. The number of carbonyl (C=O) groups is 1. The quantitative estimate of drug-likeness (QED) is 0.755. The molecule has 0 atom stereocenters. The maximum atomic E-state index is 12.0. The number of aromatic nitrogens is 4. The molecule has 0 fully saturated rings. The molecule has 0 saturated heterocycles. The van der Waals surface area contributed by atoms with Gasteiger partial charge in [-0.2, -0.15) is 4.80 Å². The van der Waals surface area contributed by atoms with Crippen LogP contribution in [0.2, 0.25) is 0 Å². The first-order valence-electron chi connectivity index (χ1n) is 7.92. The van der Waals surface area contributed by atoms with E-state index in [0.29, 0.717) is 12.4 Å². The Morgan fingerprint density at radius 1 is 1.04 bits per heavy atom. The summed E-state index contributed by atoms with van der Waals surface area (Å²) < 4.78 is 0. The molecule has 0 bridgehead atoms. The lowest BCUT2D eigenvalue weighted by molar-refractivity contribution is -0.122. The number of amides is 1. The van der Waals surface area contributed by atoms with Gasteiger partial charge in [0.1, 0.15) is 6.54 Å². The summed E-state index contributed by atoms with van der Waals surface area (Å²) in [5.74, 6) is 0.373. The number of hydrogen-bond donors (Lipinski definition) is 1. The molecule has 0 aliphatic rings. The van der Waals surface area contributed by atoms with Gasteiger partial charge in [-0.3, -0.25) is 4.79 Å². The van der Waals surface area contributed by atoms with Crippen LogP contribution in [0.4, 0.5) is 0 Å². The van der Waals surface area contributed by atoms with E-state index in [0.717, 1.165) is 17.5 Å². The number of carbonyl (C=O) groups excluding carboxylic acids is 1. The third-order valence-corrected chi connectivity index (χ3v) is 3.69. The van der Waals surface area contributed by atoms with Crippen molar-refractivity contribution in [1.29, 1.82) is 0 Å². The number of nitrogens with zero attached hydrogens (tertiary/aromatic N) is 4. The predicted octanol–water partition coefficient (Wildman–Crippen LogP) is 2.22. The summed E-state index contributed by atoms with van der Waals surface area (Å²) in [5.41, 5.74) is 3.20. The van der Waals surface area contributed by atoms with Crippen molar-refractivity contribution in [3.05, 3.63) is 65.7 Å². The monoisotopic (exact) mass is 321 g/mol. The van der Waals surface area contributed by atoms with Crippen LogP contribution >= 0.6 is 0 Å². The second-order valence-corrected chi connectivity index (χ2v) is 5.46. The molecule has 0 saturated carbocycles. The van der Waals surface area contributed by atoms with Gasteiger partial charge in [0.25, 0.3) is 0 Å². The second-order valence-electron chi connectivity index (χ2n) is 5.46. The lowest BCUT2D eigenvalue weighted by Crippen LogP contribution is -2.28. The van der Waals surface area contributed by atoms with Crippen LogP contribution in [0.1, 0.15) is 18.1 Å². The van der Waals surface area contributed by atoms with E-state index in [2.05, 4.69) is 27.7 Å². The van der Waals surface area contributed by atoms with Gasteiger partial charge in [-0.15, -0.1) is 10.2 Å². The molecule has 0 aliphatic heterocycles. The van der Waals surface area contributed by atoms with Crippen molar-refractivity contribution in [3.63, 3.8) is 0 Å². The van der Waals surface area contributed by atoms with Crippen LogP contribution in [0.25, 0.3) is 11.4 Å². The minimum absolute atomic E-state index is 0.0485. The van der Waals surface area contributed by atoms with Crippen molar-refractivity contribution in [2.24, 2.45) is 0 Å². The van der Waals surface area contributed by atoms with Gasteiger partial charge in [0.2, 0.25) is 11.7 Å². The number of rotatable bonds is 6. The molecule has 1 N–H and O–H groups in total. The minimum atomic E-state index is -0.149. The van der Waals surface area contributed by atoms with Crippen LogP contribution in [0.5, 0.6) is 0 Å². The number of nitrogens with one attached hydrogen (secondary N) is 1. The summed E-state index contributed by atoms with van der Waals surface area (Å²) in [6.07, 6.45) is 0.988. The van der Waals surface area contributed by atoms with E-state index in [4.69, 9.17) is 0 Å². The first-order valence-corrected chi connectivity index (χ1v) is 7.92. The van der Waals surface area contributed by atoms with E-state index < -0.39 is 0 Å². The van der Waals surface area contributed by atoms with Gasteiger partial charge in [0.15, 0.2) is 0 Å². The van der Waals surface area contributed by atoms with E-state index >= 15 is 0 Å². The van der Waals surface area contributed by atoms with Crippen LogP contribution in [0.3, 0.4) is 0 Å². The van der Waals surface area contributed by atoms with Gasteiger partial charge in [0, 0.05) is 12.1 Å². The second kappa shape index (κ2) is 7.50. The maximum absolute atomic E-state index is 12.0. The molecule has 0 spiro atoms. The number of aryl methyl sites for hydroxylation is 1. The molecule has 0 radical (unpaired) electrons. The summed E-state index contributed by atoms with van der Waals surface area (Å²) in [7, 11) is 0. The van der Waals surface area contributed by atoms with Crippen molar-refractivity contribution in [2.45, 2.75) is 26.4 Å².